The average Bonchev–Trinajstić information content (AvgIpc) is 3.04. The Morgan fingerprint density at radius 2 is 1.61 bits per heavy atom. The number of hydrogen-bond acceptors (Lipinski definition) is 4. The predicted octanol–water partition coefficient (Wildman–Crippen LogP) is 5.24. The molecule has 5 nitrogen and oxygen atoms in total. The van der Waals surface area contributed by atoms with E-state index in [4.69, 9.17) is 0 Å². The zero-order valence-electron chi connectivity index (χ0n) is 18.5. The second kappa shape index (κ2) is 8.36. The summed E-state index contributed by atoms with van der Waals surface area (Å²) < 4.78 is 0. The van der Waals surface area contributed by atoms with Crippen molar-refractivity contribution < 1.29 is 9.59 Å². The van der Waals surface area contributed by atoms with Gasteiger partial charge >= 0.3 is 0 Å². The number of hydrogen-bond donors (Lipinski definition) is 1. The van der Waals surface area contributed by atoms with E-state index >= 15 is 0 Å². The molecule has 0 atom stereocenters. The second-order valence-corrected chi connectivity index (χ2v) is 8.27. The third-order valence-corrected chi connectivity index (χ3v) is 5.96. The van der Waals surface area contributed by atoms with Crippen molar-refractivity contribution in [3.05, 3.63) is 113 Å². The van der Waals surface area contributed by atoms with Gasteiger partial charge in [0.1, 0.15) is 5.70 Å². The lowest BCUT2D eigenvalue weighted by Gasteiger charge is -2.15. The Labute approximate surface area is 192 Å². The van der Waals surface area contributed by atoms with Gasteiger partial charge in [-0.25, -0.2) is 0 Å². The zero-order valence-corrected chi connectivity index (χ0v) is 18.5. The molecule has 1 aromatic heterocycles. The summed E-state index contributed by atoms with van der Waals surface area (Å²) in [7, 11) is 0. The fraction of sp³-hybridized carbons (Fsp3) is 0.107. The first-order chi connectivity index (χ1) is 16.0. The number of aromatic nitrogens is 1. The summed E-state index contributed by atoms with van der Waals surface area (Å²) in [6.45, 7) is 4.17. The molecule has 2 heterocycles. The molecule has 1 aliphatic rings. The molecule has 0 saturated heterocycles. The monoisotopic (exact) mass is 433 g/mol. The number of carbonyl (C=O) groups is 2. The lowest BCUT2D eigenvalue weighted by Crippen LogP contribution is -2.32. The van der Waals surface area contributed by atoms with Crippen LogP contribution in [0.25, 0.3) is 16.3 Å². The molecule has 4 aromatic rings. The van der Waals surface area contributed by atoms with Crippen LogP contribution < -0.4 is 5.32 Å². The smallest absolute Gasteiger partial charge is 0.278 e. The third-order valence-electron chi connectivity index (χ3n) is 5.96. The molecule has 1 N–H and O–H groups in total. The van der Waals surface area contributed by atoms with Gasteiger partial charge in [-0.1, -0.05) is 60.2 Å². The van der Waals surface area contributed by atoms with Crippen LogP contribution in [0.3, 0.4) is 0 Å². The van der Waals surface area contributed by atoms with Gasteiger partial charge in [-0.3, -0.25) is 19.5 Å². The molecular formula is C28H23N3O2. The average molecular weight is 434 g/mol. The van der Waals surface area contributed by atoms with E-state index in [0.717, 1.165) is 38.7 Å². The summed E-state index contributed by atoms with van der Waals surface area (Å²) >= 11 is 0. The minimum absolute atomic E-state index is 0.190. The molecule has 0 unspecified atom stereocenters. The molecule has 162 valence electrons. The Kier molecular flexibility index (Phi) is 5.23. The van der Waals surface area contributed by atoms with Crippen molar-refractivity contribution in [3.8, 4) is 0 Å². The summed E-state index contributed by atoms with van der Waals surface area (Å²) in [5, 5.41) is 5.37. The Bertz CT molecular complexity index is 1420. The Morgan fingerprint density at radius 1 is 0.848 bits per heavy atom. The van der Waals surface area contributed by atoms with E-state index in [-0.39, 0.29) is 18.4 Å². The number of benzene rings is 3. The van der Waals surface area contributed by atoms with Gasteiger partial charge in [-0.15, -0.1) is 0 Å². The van der Waals surface area contributed by atoms with Crippen molar-refractivity contribution in [3.63, 3.8) is 0 Å². The van der Waals surface area contributed by atoms with Crippen LogP contribution in [-0.4, -0.2) is 21.7 Å². The number of amides is 2. The van der Waals surface area contributed by atoms with Gasteiger partial charge in [0.2, 0.25) is 0 Å². The summed E-state index contributed by atoms with van der Waals surface area (Å²) in [6, 6.07) is 23.4. The quantitative estimate of drug-likeness (QED) is 0.437. The van der Waals surface area contributed by atoms with Crippen molar-refractivity contribution in [1.29, 1.82) is 0 Å². The molecule has 5 rings (SSSR count). The topological polar surface area (TPSA) is 62.3 Å². The minimum atomic E-state index is -0.334. The van der Waals surface area contributed by atoms with E-state index in [9.17, 15) is 9.59 Å². The van der Waals surface area contributed by atoms with E-state index in [1.165, 1.54) is 4.90 Å². The fourth-order valence-corrected chi connectivity index (χ4v) is 4.32. The van der Waals surface area contributed by atoms with E-state index in [2.05, 4.69) is 10.3 Å². The van der Waals surface area contributed by atoms with Crippen molar-refractivity contribution >= 4 is 33.8 Å². The molecule has 3 aromatic carbocycles. The number of anilines is 1. The normalized spacial score (nSPS) is 13.8. The standard InChI is InChI=1S/C28H23N3O2/c1-18-10-11-22(19(2)16-18)25-26(30-24-9-5-7-21-6-3-4-8-23(21)24)28(33)31(27(25)32)17-20-12-14-29-15-13-20/h3-16,30H,17H2,1-2H3. The van der Waals surface area contributed by atoms with Gasteiger partial charge < -0.3 is 5.32 Å². The largest absolute Gasteiger partial charge is 0.350 e. The van der Waals surface area contributed by atoms with Crippen molar-refractivity contribution in [2.24, 2.45) is 0 Å². The van der Waals surface area contributed by atoms with Crippen LogP contribution in [0.15, 0.2) is 90.9 Å². The summed E-state index contributed by atoms with van der Waals surface area (Å²) in [5.74, 6) is -0.633. The first-order valence-corrected chi connectivity index (χ1v) is 10.8. The number of nitrogens with zero attached hydrogens (tertiary/aromatic N) is 2. The highest BCUT2D eigenvalue weighted by Crippen LogP contribution is 2.34. The Balaban J connectivity index is 1.63. The molecule has 0 aliphatic carbocycles. The minimum Gasteiger partial charge on any atom is -0.350 e. The SMILES string of the molecule is Cc1ccc(C2=C(Nc3cccc4ccccc34)C(=O)N(Cc3ccncc3)C2=O)c(C)c1. The van der Waals surface area contributed by atoms with Crippen LogP contribution in [0.4, 0.5) is 5.69 Å². The number of aryl methyl sites for hydroxylation is 2. The molecule has 0 bridgehead atoms. The van der Waals surface area contributed by atoms with Crippen LogP contribution in [0.1, 0.15) is 22.3 Å². The number of rotatable bonds is 5. The van der Waals surface area contributed by atoms with Crippen LogP contribution in [-0.2, 0) is 16.1 Å². The molecule has 2 amide bonds. The molecular weight excluding hydrogens is 410 g/mol. The maximum Gasteiger partial charge on any atom is 0.278 e. The molecule has 5 heteroatoms. The van der Waals surface area contributed by atoms with E-state index in [1.807, 2.05) is 86.6 Å². The van der Waals surface area contributed by atoms with Crippen LogP contribution in [0.2, 0.25) is 0 Å². The van der Waals surface area contributed by atoms with Gasteiger partial charge in [0, 0.05) is 23.5 Å². The van der Waals surface area contributed by atoms with Gasteiger partial charge in [-0.2, -0.15) is 0 Å². The summed E-state index contributed by atoms with van der Waals surface area (Å²) in [4.78, 5) is 32.5. The molecule has 0 saturated carbocycles. The third kappa shape index (κ3) is 3.78. The van der Waals surface area contributed by atoms with E-state index in [0.29, 0.717) is 11.3 Å². The molecule has 0 spiro atoms. The molecule has 0 radical (unpaired) electrons. The van der Waals surface area contributed by atoms with Crippen molar-refractivity contribution in [2.45, 2.75) is 20.4 Å². The number of fused-ring (bicyclic) bond motifs is 1. The highest BCUT2D eigenvalue weighted by Gasteiger charge is 2.39. The molecule has 0 fully saturated rings. The second-order valence-electron chi connectivity index (χ2n) is 8.27. The van der Waals surface area contributed by atoms with E-state index in [1.54, 1.807) is 12.4 Å². The first kappa shape index (κ1) is 20.6. The van der Waals surface area contributed by atoms with Crippen molar-refractivity contribution in [1.82, 2.24) is 9.88 Å². The highest BCUT2D eigenvalue weighted by molar-refractivity contribution is 6.36. The number of pyridine rings is 1. The van der Waals surface area contributed by atoms with Gasteiger partial charge in [0.25, 0.3) is 11.8 Å². The highest BCUT2D eigenvalue weighted by atomic mass is 16.2. The van der Waals surface area contributed by atoms with Crippen LogP contribution in [0.5, 0.6) is 0 Å². The Morgan fingerprint density at radius 3 is 2.39 bits per heavy atom. The van der Waals surface area contributed by atoms with Gasteiger partial charge in [-0.05, 0) is 54.1 Å². The summed E-state index contributed by atoms with van der Waals surface area (Å²) in [5.41, 5.74) is 5.16. The Hall–Kier alpha value is -4.25. The molecule has 1 aliphatic heterocycles. The lowest BCUT2D eigenvalue weighted by atomic mass is 9.97. The molecule has 33 heavy (non-hydrogen) atoms. The zero-order chi connectivity index (χ0) is 22.9. The van der Waals surface area contributed by atoms with Gasteiger partial charge in [0.15, 0.2) is 0 Å². The van der Waals surface area contributed by atoms with Crippen LogP contribution in [0, 0.1) is 13.8 Å². The van der Waals surface area contributed by atoms with Gasteiger partial charge in [0.05, 0.1) is 12.1 Å². The van der Waals surface area contributed by atoms with Crippen molar-refractivity contribution in [2.75, 3.05) is 5.32 Å². The predicted molar refractivity (Wildman–Crippen MR) is 130 cm³/mol. The maximum absolute atomic E-state index is 13.6. The first-order valence-electron chi connectivity index (χ1n) is 10.8. The fourth-order valence-electron chi connectivity index (χ4n) is 4.32. The lowest BCUT2D eigenvalue weighted by molar-refractivity contribution is -0.137. The van der Waals surface area contributed by atoms with Crippen LogP contribution >= 0.6 is 0 Å². The maximum atomic E-state index is 13.6. The number of imide groups is 1. The van der Waals surface area contributed by atoms with E-state index < -0.39 is 0 Å². The number of carbonyl (C=O) groups excluding carboxylic acids is 2. The number of nitrogens with one attached hydrogen (secondary N) is 1. The summed E-state index contributed by atoms with van der Waals surface area (Å²) in [6.07, 6.45) is 3.32.